The molecule has 3 aromatic rings. The van der Waals surface area contributed by atoms with Crippen molar-refractivity contribution in [3.05, 3.63) is 88.7 Å². The van der Waals surface area contributed by atoms with Gasteiger partial charge >= 0.3 is 0 Å². The highest BCUT2D eigenvalue weighted by molar-refractivity contribution is 5.94. The van der Waals surface area contributed by atoms with Gasteiger partial charge in [0.15, 0.2) is 0 Å². The van der Waals surface area contributed by atoms with Crippen molar-refractivity contribution in [2.45, 2.75) is 20.4 Å². The minimum absolute atomic E-state index is 0.179. The molecule has 0 atom stereocenters. The number of aryl methyl sites for hydroxylation is 1. The molecule has 25 heavy (non-hydrogen) atoms. The first-order valence-electron chi connectivity index (χ1n) is 8.12. The van der Waals surface area contributed by atoms with Crippen LogP contribution in [0.15, 0.2) is 60.7 Å². The standard InChI is InChI=1S/C21H19N3O/c1-15-11-19(16(2)24(15)20-9-4-3-5-10-20)14-23-21(25)18-8-6-7-17(12-18)13-22/h3-12H,14H2,1-2H3,(H,23,25). The van der Waals surface area contributed by atoms with E-state index in [1.54, 1.807) is 24.3 Å². The number of benzene rings is 2. The molecule has 0 spiro atoms. The van der Waals surface area contributed by atoms with Crippen molar-refractivity contribution in [3.63, 3.8) is 0 Å². The van der Waals surface area contributed by atoms with Crippen LogP contribution in [0.25, 0.3) is 5.69 Å². The predicted octanol–water partition coefficient (Wildman–Crippen LogP) is 3.90. The van der Waals surface area contributed by atoms with E-state index in [1.165, 1.54) is 0 Å². The lowest BCUT2D eigenvalue weighted by Crippen LogP contribution is -2.23. The van der Waals surface area contributed by atoms with Crippen molar-refractivity contribution in [1.29, 1.82) is 5.26 Å². The second kappa shape index (κ2) is 7.06. The zero-order valence-electron chi connectivity index (χ0n) is 14.3. The van der Waals surface area contributed by atoms with E-state index < -0.39 is 0 Å². The van der Waals surface area contributed by atoms with E-state index in [2.05, 4.69) is 48.0 Å². The third-order valence-corrected chi connectivity index (χ3v) is 4.24. The molecule has 0 aliphatic carbocycles. The lowest BCUT2D eigenvalue weighted by Gasteiger charge is -2.10. The number of carbonyl (C=O) groups excluding carboxylic acids is 1. The summed E-state index contributed by atoms with van der Waals surface area (Å²) in [5.41, 5.74) is 5.39. The maximum atomic E-state index is 12.3. The maximum absolute atomic E-state index is 12.3. The van der Waals surface area contributed by atoms with Crippen molar-refractivity contribution >= 4 is 5.91 Å². The van der Waals surface area contributed by atoms with E-state index in [4.69, 9.17) is 5.26 Å². The minimum Gasteiger partial charge on any atom is -0.348 e. The summed E-state index contributed by atoms with van der Waals surface area (Å²) >= 11 is 0. The fourth-order valence-electron chi connectivity index (χ4n) is 2.99. The molecule has 3 rings (SSSR count). The Labute approximate surface area is 147 Å². The molecule has 0 aliphatic heterocycles. The van der Waals surface area contributed by atoms with Crippen molar-refractivity contribution in [2.75, 3.05) is 0 Å². The smallest absolute Gasteiger partial charge is 0.251 e. The second-order valence-electron chi connectivity index (χ2n) is 5.94. The summed E-state index contributed by atoms with van der Waals surface area (Å²) in [6, 6.07) is 21.0. The number of aromatic nitrogens is 1. The van der Waals surface area contributed by atoms with Crippen LogP contribution in [0.1, 0.15) is 32.9 Å². The van der Waals surface area contributed by atoms with Gasteiger partial charge in [-0.2, -0.15) is 5.26 Å². The van der Waals surface area contributed by atoms with Crippen LogP contribution in [0.5, 0.6) is 0 Å². The molecule has 0 saturated heterocycles. The third kappa shape index (κ3) is 3.46. The molecule has 0 radical (unpaired) electrons. The number of nitrogens with zero attached hydrogens (tertiary/aromatic N) is 2. The Hall–Kier alpha value is -3.32. The molecule has 1 aromatic heterocycles. The van der Waals surface area contributed by atoms with Gasteiger partial charge in [0.2, 0.25) is 0 Å². The minimum atomic E-state index is -0.179. The summed E-state index contributed by atoms with van der Waals surface area (Å²) in [5, 5.41) is 11.9. The molecule has 0 fully saturated rings. The molecular formula is C21H19N3O. The summed E-state index contributed by atoms with van der Waals surface area (Å²) in [6.45, 7) is 4.56. The molecule has 4 nitrogen and oxygen atoms in total. The van der Waals surface area contributed by atoms with E-state index in [-0.39, 0.29) is 5.91 Å². The Kier molecular flexibility index (Phi) is 4.67. The molecular weight excluding hydrogens is 310 g/mol. The molecule has 0 unspecified atom stereocenters. The van der Waals surface area contributed by atoms with Crippen molar-refractivity contribution in [3.8, 4) is 11.8 Å². The zero-order chi connectivity index (χ0) is 17.8. The van der Waals surface area contributed by atoms with Crippen LogP contribution in [-0.4, -0.2) is 10.5 Å². The lowest BCUT2D eigenvalue weighted by atomic mass is 10.1. The highest BCUT2D eigenvalue weighted by Crippen LogP contribution is 2.20. The summed E-state index contributed by atoms with van der Waals surface area (Å²) in [7, 11) is 0. The number of nitrogens with one attached hydrogen (secondary N) is 1. The van der Waals surface area contributed by atoms with Gasteiger partial charge in [-0.05, 0) is 55.8 Å². The quantitative estimate of drug-likeness (QED) is 0.789. The highest BCUT2D eigenvalue weighted by Gasteiger charge is 2.12. The molecule has 0 bridgehead atoms. The van der Waals surface area contributed by atoms with Gasteiger partial charge in [-0.25, -0.2) is 0 Å². The van der Waals surface area contributed by atoms with Crippen LogP contribution >= 0.6 is 0 Å². The number of amides is 1. The maximum Gasteiger partial charge on any atom is 0.251 e. The number of rotatable bonds is 4. The number of carbonyl (C=O) groups is 1. The summed E-state index contributed by atoms with van der Waals surface area (Å²) in [6.07, 6.45) is 0. The molecule has 1 amide bonds. The fraction of sp³-hybridized carbons (Fsp3) is 0.143. The number of nitriles is 1. The highest BCUT2D eigenvalue weighted by atomic mass is 16.1. The SMILES string of the molecule is Cc1cc(CNC(=O)c2cccc(C#N)c2)c(C)n1-c1ccccc1. The summed E-state index contributed by atoms with van der Waals surface area (Å²) in [4.78, 5) is 12.3. The van der Waals surface area contributed by atoms with Crippen LogP contribution in [0.2, 0.25) is 0 Å². The number of para-hydroxylation sites is 1. The van der Waals surface area contributed by atoms with E-state index in [0.29, 0.717) is 17.7 Å². The van der Waals surface area contributed by atoms with Crippen LogP contribution in [0.3, 0.4) is 0 Å². The molecule has 1 N–H and O–H groups in total. The molecule has 1 heterocycles. The number of hydrogen-bond donors (Lipinski definition) is 1. The molecule has 4 heteroatoms. The van der Waals surface area contributed by atoms with Gasteiger partial charge < -0.3 is 9.88 Å². The molecule has 0 aliphatic rings. The monoisotopic (exact) mass is 329 g/mol. The van der Waals surface area contributed by atoms with Crippen molar-refractivity contribution in [2.24, 2.45) is 0 Å². The Morgan fingerprint density at radius 3 is 2.56 bits per heavy atom. The first-order valence-corrected chi connectivity index (χ1v) is 8.12. The average Bonchev–Trinajstić information content (AvgIpc) is 2.94. The van der Waals surface area contributed by atoms with E-state index in [1.807, 2.05) is 18.2 Å². The van der Waals surface area contributed by atoms with E-state index in [0.717, 1.165) is 22.6 Å². The van der Waals surface area contributed by atoms with Crippen LogP contribution in [0, 0.1) is 25.2 Å². The Morgan fingerprint density at radius 2 is 1.84 bits per heavy atom. The van der Waals surface area contributed by atoms with Gasteiger partial charge in [0.25, 0.3) is 5.91 Å². The molecule has 0 saturated carbocycles. The van der Waals surface area contributed by atoms with Crippen molar-refractivity contribution in [1.82, 2.24) is 9.88 Å². The van der Waals surface area contributed by atoms with Gasteiger partial charge in [0.1, 0.15) is 0 Å². The Bertz CT molecular complexity index is 949. The second-order valence-corrected chi connectivity index (χ2v) is 5.94. The topological polar surface area (TPSA) is 57.8 Å². The van der Waals surface area contributed by atoms with E-state index >= 15 is 0 Å². The number of hydrogen-bond acceptors (Lipinski definition) is 2. The van der Waals surface area contributed by atoms with Gasteiger partial charge in [-0.15, -0.1) is 0 Å². The predicted molar refractivity (Wildman–Crippen MR) is 97.6 cm³/mol. The molecule has 124 valence electrons. The third-order valence-electron chi connectivity index (χ3n) is 4.24. The van der Waals surface area contributed by atoms with Crippen LogP contribution in [-0.2, 0) is 6.54 Å². The van der Waals surface area contributed by atoms with Gasteiger partial charge in [0.05, 0.1) is 11.6 Å². The van der Waals surface area contributed by atoms with Crippen molar-refractivity contribution < 1.29 is 4.79 Å². The largest absolute Gasteiger partial charge is 0.348 e. The van der Waals surface area contributed by atoms with Crippen LogP contribution in [0.4, 0.5) is 0 Å². The van der Waals surface area contributed by atoms with Gasteiger partial charge in [-0.1, -0.05) is 24.3 Å². The summed E-state index contributed by atoms with van der Waals surface area (Å²) in [5.74, 6) is -0.179. The normalized spacial score (nSPS) is 10.3. The Balaban J connectivity index is 1.78. The molecule has 2 aromatic carbocycles. The van der Waals surface area contributed by atoms with Gasteiger partial charge in [0, 0.05) is 29.2 Å². The van der Waals surface area contributed by atoms with E-state index in [9.17, 15) is 4.79 Å². The van der Waals surface area contributed by atoms with Gasteiger partial charge in [-0.3, -0.25) is 4.79 Å². The zero-order valence-corrected chi connectivity index (χ0v) is 14.3. The Morgan fingerprint density at radius 1 is 1.08 bits per heavy atom. The first kappa shape index (κ1) is 16.5. The van der Waals surface area contributed by atoms with Crippen LogP contribution < -0.4 is 5.32 Å². The first-order chi connectivity index (χ1) is 12.1. The fourth-order valence-corrected chi connectivity index (χ4v) is 2.99. The average molecular weight is 329 g/mol. The summed E-state index contributed by atoms with van der Waals surface area (Å²) < 4.78 is 2.18. The lowest BCUT2D eigenvalue weighted by molar-refractivity contribution is 0.0951.